The fourth-order valence-corrected chi connectivity index (χ4v) is 1.95. The first-order valence-electron chi connectivity index (χ1n) is 6.62. The lowest BCUT2D eigenvalue weighted by molar-refractivity contribution is 0.737. The Morgan fingerprint density at radius 2 is 1.44 bits per heavy atom. The molecule has 0 spiro atoms. The molecule has 1 aromatic carbocycles. The van der Waals surface area contributed by atoms with E-state index in [4.69, 9.17) is 0 Å². The van der Waals surface area contributed by atoms with Crippen LogP contribution < -0.4 is 0 Å². The summed E-state index contributed by atoms with van der Waals surface area (Å²) in [4.78, 5) is 0. The van der Waals surface area contributed by atoms with E-state index in [9.17, 15) is 0 Å². The highest BCUT2D eigenvalue weighted by atomic mass is 14.2. The second kappa shape index (κ2) is 6.08. The molecule has 0 nitrogen and oxygen atoms in total. The van der Waals surface area contributed by atoms with Crippen molar-refractivity contribution in [3.05, 3.63) is 34.9 Å². The van der Waals surface area contributed by atoms with Gasteiger partial charge in [0.15, 0.2) is 0 Å². The van der Waals surface area contributed by atoms with Crippen molar-refractivity contribution in [3.63, 3.8) is 0 Å². The number of hydrogen-bond acceptors (Lipinski definition) is 0. The molecule has 0 aromatic heterocycles. The topological polar surface area (TPSA) is 0 Å². The van der Waals surface area contributed by atoms with Crippen LogP contribution in [0.25, 0.3) is 0 Å². The minimum atomic E-state index is 0.677. The van der Waals surface area contributed by atoms with Crippen LogP contribution in [0.2, 0.25) is 0 Å². The molecule has 0 fully saturated rings. The second-order valence-electron chi connectivity index (χ2n) is 5.77. The molecular formula is C16H26. The van der Waals surface area contributed by atoms with Crippen LogP contribution in [0.5, 0.6) is 0 Å². The Morgan fingerprint density at radius 1 is 0.875 bits per heavy atom. The molecule has 0 radical (unpaired) electrons. The van der Waals surface area contributed by atoms with E-state index in [1.54, 1.807) is 11.1 Å². The van der Waals surface area contributed by atoms with Gasteiger partial charge in [-0.05, 0) is 47.8 Å². The molecule has 0 aliphatic heterocycles. The van der Waals surface area contributed by atoms with Gasteiger partial charge in [-0.25, -0.2) is 0 Å². The number of benzene rings is 1. The van der Waals surface area contributed by atoms with Crippen LogP contribution in [0.4, 0.5) is 0 Å². The predicted octanol–water partition coefficient (Wildman–Crippen LogP) is 4.96. The van der Waals surface area contributed by atoms with Crippen LogP contribution in [0, 0.1) is 5.92 Å². The Labute approximate surface area is 101 Å². The molecule has 1 aliphatic rings. The van der Waals surface area contributed by atoms with E-state index < -0.39 is 0 Å². The van der Waals surface area contributed by atoms with Gasteiger partial charge in [0, 0.05) is 0 Å². The van der Waals surface area contributed by atoms with Crippen molar-refractivity contribution in [1.29, 1.82) is 0 Å². The first-order chi connectivity index (χ1) is 7.50. The van der Waals surface area contributed by atoms with Gasteiger partial charge in [0.1, 0.15) is 0 Å². The van der Waals surface area contributed by atoms with E-state index in [0.717, 1.165) is 5.92 Å². The van der Waals surface area contributed by atoms with Crippen LogP contribution in [-0.4, -0.2) is 0 Å². The molecule has 2 rings (SSSR count). The third-order valence-corrected chi connectivity index (χ3v) is 2.79. The highest BCUT2D eigenvalue weighted by Crippen LogP contribution is 2.25. The van der Waals surface area contributed by atoms with Crippen molar-refractivity contribution in [2.45, 2.75) is 59.8 Å². The maximum atomic E-state index is 2.40. The monoisotopic (exact) mass is 218 g/mol. The van der Waals surface area contributed by atoms with Crippen molar-refractivity contribution >= 4 is 0 Å². The molecule has 0 unspecified atom stereocenters. The molecule has 0 heterocycles. The standard InChI is InChI=1S/C12H16.C4H10/c1-9(2)11-7-6-10-4-3-5-12(10)8-11;1-4(2)3/h6-9H,3-5H2,1-2H3;4H,1-3H3. The third kappa shape index (κ3) is 4.00. The number of hydrogen-bond donors (Lipinski definition) is 0. The van der Waals surface area contributed by atoms with Crippen LogP contribution in [0.1, 0.15) is 63.6 Å². The summed E-state index contributed by atoms with van der Waals surface area (Å²) >= 11 is 0. The van der Waals surface area contributed by atoms with Crippen LogP contribution >= 0.6 is 0 Å². The summed E-state index contributed by atoms with van der Waals surface area (Å²) in [5, 5.41) is 0. The Hall–Kier alpha value is -0.780. The summed E-state index contributed by atoms with van der Waals surface area (Å²) in [7, 11) is 0. The van der Waals surface area contributed by atoms with Crippen molar-refractivity contribution in [3.8, 4) is 0 Å². The van der Waals surface area contributed by atoms with Crippen molar-refractivity contribution in [2.24, 2.45) is 5.92 Å². The molecule has 0 saturated carbocycles. The fourth-order valence-electron chi connectivity index (χ4n) is 1.95. The molecule has 16 heavy (non-hydrogen) atoms. The Bertz CT molecular complexity index is 318. The van der Waals surface area contributed by atoms with Gasteiger partial charge in [0.05, 0.1) is 0 Å². The van der Waals surface area contributed by atoms with Gasteiger partial charge in [0.2, 0.25) is 0 Å². The zero-order chi connectivity index (χ0) is 12.1. The maximum Gasteiger partial charge on any atom is -0.0219 e. The zero-order valence-corrected chi connectivity index (χ0v) is 11.5. The molecule has 1 aromatic rings. The smallest absolute Gasteiger partial charge is 0.0219 e. The van der Waals surface area contributed by atoms with Crippen LogP contribution in [-0.2, 0) is 12.8 Å². The second-order valence-corrected chi connectivity index (χ2v) is 5.77. The average molecular weight is 218 g/mol. The molecule has 0 saturated heterocycles. The molecule has 0 heteroatoms. The van der Waals surface area contributed by atoms with E-state index in [-0.39, 0.29) is 0 Å². The Kier molecular flexibility index (Phi) is 5.05. The van der Waals surface area contributed by atoms with Crippen LogP contribution in [0.3, 0.4) is 0 Å². The van der Waals surface area contributed by atoms with E-state index in [1.165, 1.54) is 24.8 Å². The van der Waals surface area contributed by atoms with Gasteiger partial charge >= 0.3 is 0 Å². The van der Waals surface area contributed by atoms with Gasteiger partial charge in [-0.1, -0.05) is 52.8 Å². The van der Waals surface area contributed by atoms with Crippen molar-refractivity contribution in [2.75, 3.05) is 0 Å². The van der Waals surface area contributed by atoms with Gasteiger partial charge in [-0.3, -0.25) is 0 Å². The minimum Gasteiger partial charge on any atom is -0.0630 e. The summed E-state index contributed by atoms with van der Waals surface area (Å²) in [6.07, 6.45) is 3.96. The quantitative estimate of drug-likeness (QED) is 0.625. The molecule has 90 valence electrons. The molecule has 0 atom stereocenters. The third-order valence-electron chi connectivity index (χ3n) is 2.79. The molecule has 0 amide bonds. The first kappa shape index (κ1) is 13.3. The van der Waals surface area contributed by atoms with Gasteiger partial charge in [-0.15, -0.1) is 0 Å². The van der Waals surface area contributed by atoms with E-state index in [2.05, 4.69) is 52.8 Å². The number of rotatable bonds is 1. The highest BCUT2D eigenvalue weighted by molar-refractivity contribution is 5.36. The molecular weight excluding hydrogens is 192 g/mol. The Morgan fingerprint density at radius 3 is 2.00 bits per heavy atom. The minimum absolute atomic E-state index is 0.677. The van der Waals surface area contributed by atoms with Gasteiger partial charge in [0.25, 0.3) is 0 Å². The van der Waals surface area contributed by atoms with E-state index >= 15 is 0 Å². The summed E-state index contributed by atoms with van der Waals surface area (Å²) < 4.78 is 0. The van der Waals surface area contributed by atoms with E-state index in [0.29, 0.717) is 5.92 Å². The van der Waals surface area contributed by atoms with Gasteiger partial charge in [-0.2, -0.15) is 0 Å². The highest BCUT2D eigenvalue weighted by Gasteiger charge is 2.11. The SMILES string of the molecule is CC(C)C.CC(C)c1ccc2c(c1)CCC2. The lowest BCUT2D eigenvalue weighted by atomic mass is 9.99. The zero-order valence-electron chi connectivity index (χ0n) is 11.5. The predicted molar refractivity (Wildman–Crippen MR) is 73.1 cm³/mol. The summed E-state index contributed by atoms with van der Waals surface area (Å²) in [6, 6.07) is 7.00. The van der Waals surface area contributed by atoms with E-state index in [1.807, 2.05) is 0 Å². The number of aryl methyl sites for hydroxylation is 2. The van der Waals surface area contributed by atoms with Crippen molar-refractivity contribution in [1.82, 2.24) is 0 Å². The largest absolute Gasteiger partial charge is 0.0630 e. The Balaban J connectivity index is 0.000000280. The normalized spacial score (nSPS) is 13.7. The molecule has 0 bridgehead atoms. The summed E-state index contributed by atoms with van der Waals surface area (Å²) in [6.45, 7) is 11.0. The first-order valence-corrected chi connectivity index (χ1v) is 6.62. The fraction of sp³-hybridized carbons (Fsp3) is 0.625. The summed E-state index contributed by atoms with van der Waals surface area (Å²) in [5.41, 5.74) is 4.68. The maximum absolute atomic E-state index is 2.40. The van der Waals surface area contributed by atoms with Crippen LogP contribution in [0.15, 0.2) is 18.2 Å². The summed E-state index contributed by atoms with van der Waals surface area (Å²) in [5.74, 6) is 1.51. The number of fused-ring (bicyclic) bond motifs is 1. The molecule has 1 aliphatic carbocycles. The lowest BCUT2D eigenvalue weighted by Crippen LogP contribution is -1.90. The molecule has 0 N–H and O–H groups in total. The lowest BCUT2D eigenvalue weighted by Gasteiger charge is -2.07. The van der Waals surface area contributed by atoms with Gasteiger partial charge < -0.3 is 0 Å². The average Bonchev–Trinajstić information content (AvgIpc) is 2.62. The van der Waals surface area contributed by atoms with Crippen molar-refractivity contribution < 1.29 is 0 Å².